The van der Waals surface area contributed by atoms with Crippen molar-refractivity contribution in [2.75, 3.05) is 6.54 Å². The van der Waals surface area contributed by atoms with Crippen molar-refractivity contribution >= 4 is 17.2 Å². The first-order valence-corrected chi connectivity index (χ1v) is 8.69. The summed E-state index contributed by atoms with van der Waals surface area (Å²) in [5.74, 6) is -0.202. The molecule has 3 aromatic rings. The highest BCUT2D eigenvalue weighted by atomic mass is 32.1. The van der Waals surface area contributed by atoms with Gasteiger partial charge in [-0.25, -0.2) is 4.39 Å². The molecule has 0 bridgehead atoms. The van der Waals surface area contributed by atoms with Crippen LogP contribution in [0.25, 0.3) is 11.3 Å². The van der Waals surface area contributed by atoms with Crippen LogP contribution in [-0.4, -0.2) is 27.1 Å². The Morgan fingerprint density at radius 2 is 2.04 bits per heavy atom. The summed E-state index contributed by atoms with van der Waals surface area (Å²) in [6.07, 6.45) is 2.72. The van der Waals surface area contributed by atoms with Gasteiger partial charge >= 0.3 is 0 Å². The van der Waals surface area contributed by atoms with Crippen molar-refractivity contribution in [3.63, 3.8) is 0 Å². The van der Waals surface area contributed by atoms with E-state index in [1.807, 2.05) is 11.0 Å². The predicted octanol–water partition coefficient (Wildman–Crippen LogP) is 3.34. The number of benzene rings is 1. The van der Waals surface area contributed by atoms with Gasteiger partial charge < -0.3 is 4.90 Å². The number of hydrogen-bond donors (Lipinski definition) is 0. The van der Waals surface area contributed by atoms with Crippen LogP contribution < -0.4 is 0 Å². The van der Waals surface area contributed by atoms with Crippen LogP contribution >= 0.6 is 11.3 Å². The van der Waals surface area contributed by atoms with Crippen LogP contribution in [0.4, 0.5) is 4.39 Å². The molecule has 0 aliphatic carbocycles. The van der Waals surface area contributed by atoms with E-state index in [0.717, 1.165) is 24.2 Å². The molecule has 1 amide bonds. The molecule has 0 saturated heterocycles. The fourth-order valence-electron chi connectivity index (χ4n) is 2.92. The van der Waals surface area contributed by atoms with Gasteiger partial charge in [0, 0.05) is 29.7 Å². The number of nitrogens with zero attached hydrogens (tertiary/aromatic N) is 3. The average Bonchev–Trinajstić information content (AvgIpc) is 3.24. The summed E-state index contributed by atoms with van der Waals surface area (Å²) < 4.78 is 14.6. The SMILES string of the molecule is O=C(Cn1ccc(-c2ccc(F)cc2)n1)N1CCc2sccc2C1. The fraction of sp³-hybridized carbons (Fsp3) is 0.222. The number of carbonyl (C=O) groups is 1. The van der Waals surface area contributed by atoms with E-state index < -0.39 is 0 Å². The molecule has 3 heterocycles. The third-order valence-corrected chi connectivity index (χ3v) is 5.26. The molecule has 0 spiro atoms. The van der Waals surface area contributed by atoms with Crippen molar-refractivity contribution in [2.45, 2.75) is 19.5 Å². The van der Waals surface area contributed by atoms with Crippen molar-refractivity contribution in [3.8, 4) is 11.3 Å². The Balaban J connectivity index is 1.44. The zero-order valence-electron chi connectivity index (χ0n) is 13.0. The molecule has 0 saturated carbocycles. The van der Waals surface area contributed by atoms with Gasteiger partial charge in [0.05, 0.1) is 5.69 Å². The average molecular weight is 341 g/mol. The molecule has 1 aromatic carbocycles. The minimum Gasteiger partial charge on any atom is -0.336 e. The second kappa shape index (κ2) is 6.20. The molecule has 4 rings (SSSR count). The monoisotopic (exact) mass is 341 g/mol. The Hall–Kier alpha value is -2.47. The molecular weight excluding hydrogens is 325 g/mol. The standard InChI is InChI=1S/C18H16FN3OS/c19-15-3-1-13(2-4-15)16-5-9-22(20-16)12-18(23)21-8-6-17-14(11-21)7-10-24-17/h1-5,7,9-10H,6,8,11-12H2. The molecule has 1 aliphatic heterocycles. The third-order valence-electron chi connectivity index (χ3n) is 4.24. The summed E-state index contributed by atoms with van der Waals surface area (Å²) >= 11 is 1.76. The van der Waals surface area contributed by atoms with Crippen molar-refractivity contribution < 1.29 is 9.18 Å². The number of carbonyl (C=O) groups excluding carboxylic acids is 1. The van der Waals surface area contributed by atoms with Gasteiger partial charge in [-0.3, -0.25) is 9.48 Å². The summed E-state index contributed by atoms with van der Waals surface area (Å²) in [5.41, 5.74) is 2.83. The summed E-state index contributed by atoms with van der Waals surface area (Å²) in [6.45, 7) is 1.67. The van der Waals surface area contributed by atoms with Crippen LogP contribution in [0.1, 0.15) is 10.4 Å². The first-order chi connectivity index (χ1) is 11.7. The van der Waals surface area contributed by atoms with Gasteiger partial charge in [-0.1, -0.05) is 0 Å². The van der Waals surface area contributed by atoms with Crippen molar-refractivity contribution in [2.24, 2.45) is 0 Å². The second-order valence-corrected chi connectivity index (χ2v) is 6.84. The quantitative estimate of drug-likeness (QED) is 0.733. The van der Waals surface area contributed by atoms with Crippen molar-refractivity contribution in [1.82, 2.24) is 14.7 Å². The lowest BCUT2D eigenvalue weighted by molar-refractivity contribution is -0.132. The first kappa shape index (κ1) is 15.1. The molecule has 122 valence electrons. The predicted molar refractivity (Wildman–Crippen MR) is 91.1 cm³/mol. The van der Waals surface area contributed by atoms with Crippen molar-refractivity contribution in [1.29, 1.82) is 0 Å². The van der Waals surface area contributed by atoms with Crippen LogP contribution in [0, 0.1) is 5.82 Å². The lowest BCUT2D eigenvalue weighted by atomic mass is 10.1. The Kier molecular flexibility index (Phi) is 3.90. The van der Waals surface area contributed by atoms with Gasteiger partial charge in [-0.15, -0.1) is 11.3 Å². The van der Waals surface area contributed by atoms with Gasteiger partial charge in [0.15, 0.2) is 0 Å². The highest BCUT2D eigenvalue weighted by Crippen LogP contribution is 2.24. The molecule has 6 heteroatoms. The lowest BCUT2D eigenvalue weighted by Crippen LogP contribution is -2.37. The number of amides is 1. The summed E-state index contributed by atoms with van der Waals surface area (Å²) in [4.78, 5) is 15.8. The van der Waals surface area contributed by atoms with Crippen LogP contribution in [-0.2, 0) is 24.3 Å². The smallest absolute Gasteiger partial charge is 0.244 e. The van der Waals surface area contributed by atoms with Gasteiger partial charge in [-0.05, 0) is 53.8 Å². The summed E-state index contributed by atoms with van der Waals surface area (Å²) in [6, 6.07) is 10.1. The molecule has 0 N–H and O–H groups in total. The molecular formula is C18H16FN3OS. The Morgan fingerprint density at radius 1 is 1.21 bits per heavy atom. The molecule has 24 heavy (non-hydrogen) atoms. The van der Waals surface area contributed by atoms with E-state index in [-0.39, 0.29) is 18.3 Å². The number of rotatable bonds is 3. The van der Waals surface area contributed by atoms with Crippen LogP contribution in [0.5, 0.6) is 0 Å². The van der Waals surface area contributed by atoms with Crippen LogP contribution in [0.2, 0.25) is 0 Å². The number of halogens is 1. The Morgan fingerprint density at radius 3 is 2.88 bits per heavy atom. The van der Waals surface area contributed by atoms with Crippen LogP contribution in [0.15, 0.2) is 48.0 Å². The number of thiophene rings is 1. The van der Waals surface area contributed by atoms with E-state index in [0.29, 0.717) is 6.54 Å². The molecule has 0 atom stereocenters. The van der Waals surface area contributed by atoms with Gasteiger partial charge in [0.2, 0.25) is 5.91 Å². The van der Waals surface area contributed by atoms with E-state index in [1.54, 1.807) is 34.3 Å². The number of fused-ring (bicyclic) bond motifs is 1. The van der Waals surface area contributed by atoms with Crippen molar-refractivity contribution in [3.05, 3.63) is 64.2 Å². The zero-order valence-corrected chi connectivity index (χ0v) is 13.8. The largest absolute Gasteiger partial charge is 0.336 e. The van der Waals surface area contributed by atoms with E-state index >= 15 is 0 Å². The number of aromatic nitrogens is 2. The molecule has 2 aromatic heterocycles. The zero-order chi connectivity index (χ0) is 16.5. The third kappa shape index (κ3) is 2.97. The van der Waals surface area contributed by atoms with E-state index in [4.69, 9.17) is 0 Å². The fourth-order valence-corrected chi connectivity index (χ4v) is 3.81. The summed E-state index contributed by atoms with van der Waals surface area (Å²) in [7, 11) is 0. The topological polar surface area (TPSA) is 38.1 Å². The maximum Gasteiger partial charge on any atom is 0.244 e. The molecule has 4 nitrogen and oxygen atoms in total. The molecule has 0 radical (unpaired) electrons. The van der Waals surface area contributed by atoms with E-state index in [1.165, 1.54) is 22.6 Å². The maximum absolute atomic E-state index is 13.0. The van der Waals surface area contributed by atoms with E-state index in [9.17, 15) is 9.18 Å². The van der Waals surface area contributed by atoms with E-state index in [2.05, 4.69) is 16.5 Å². The molecule has 0 fully saturated rings. The minimum atomic E-state index is -0.272. The molecule has 0 unspecified atom stereocenters. The normalized spacial score (nSPS) is 13.8. The first-order valence-electron chi connectivity index (χ1n) is 7.81. The molecule has 1 aliphatic rings. The summed E-state index contributed by atoms with van der Waals surface area (Å²) in [5, 5.41) is 6.51. The number of hydrogen-bond acceptors (Lipinski definition) is 3. The highest BCUT2D eigenvalue weighted by molar-refractivity contribution is 7.10. The Labute approximate surface area is 143 Å². The second-order valence-electron chi connectivity index (χ2n) is 5.84. The van der Waals surface area contributed by atoms with Gasteiger partial charge in [0.1, 0.15) is 12.4 Å². The Bertz CT molecular complexity index is 869. The maximum atomic E-state index is 13.0. The van der Waals surface area contributed by atoms with Gasteiger partial charge in [0.25, 0.3) is 0 Å². The van der Waals surface area contributed by atoms with Crippen LogP contribution in [0.3, 0.4) is 0 Å². The minimum absolute atomic E-state index is 0.0700. The van der Waals surface area contributed by atoms with Gasteiger partial charge in [-0.2, -0.15) is 5.10 Å². The highest BCUT2D eigenvalue weighted by Gasteiger charge is 2.21. The lowest BCUT2D eigenvalue weighted by Gasteiger charge is -2.27.